The third-order valence-electron chi connectivity index (χ3n) is 15.4. The van der Waals surface area contributed by atoms with Gasteiger partial charge in [-0.1, -0.05) is 169 Å². The highest BCUT2D eigenvalue weighted by Gasteiger charge is 2.28. The Kier molecular flexibility index (Phi) is 13.9. The normalized spacial score (nSPS) is 29.3. The van der Waals surface area contributed by atoms with Crippen LogP contribution in [0.1, 0.15) is 122 Å². The van der Waals surface area contributed by atoms with Crippen molar-refractivity contribution >= 4 is 0 Å². The van der Waals surface area contributed by atoms with E-state index in [1.165, 1.54) is 120 Å². The van der Waals surface area contributed by atoms with E-state index in [0.717, 1.165) is 18.8 Å². The Morgan fingerprint density at radius 3 is 1.87 bits per heavy atom. The summed E-state index contributed by atoms with van der Waals surface area (Å²) in [6.07, 6.45) is 84.0. The van der Waals surface area contributed by atoms with E-state index in [1.807, 2.05) is 0 Å². The minimum Gasteiger partial charge on any atom is -0.0842 e. The van der Waals surface area contributed by atoms with Crippen LogP contribution in [0.4, 0.5) is 0 Å². The van der Waals surface area contributed by atoms with Crippen LogP contribution in [0, 0.1) is 41.4 Å². The Morgan fingerprint density at radius 1 is 0.533 bits per heavy atom. The summed E-state index contributed by atoms with van der Waals surface area (Å²) in [7, 11) is 0. The Labute approximate surface area is 363 Å². The van der Waals surface area contributed by atoms with Crippen LogP contribution in [0.3, 0.4) is 0 Å². The Balaban J connectivity index is 0.822. The van der Waals surface area contributed by atoms with E-state index >= 15 is 0 Å². The molecule has 0 N–H and O–H groups in total. The minimum atomic E-state index is 0.553. The Hall–Kier alpha value is -4.42. The molecule has 0 amide bonds. The van der Waals surface area contributed by atoms with E-state index in [2.05, 4.69) is 152 Å². The number of rotatable bonds is 15. The lowest BCUT2D eigenvalue weighted by Gasteiger charge is -2.31. The van der Waals surface area contributed by atoms with Gasteiger partial charge in [-0.2, -0.15) is 0 Å². The van der Waals surface area contributed by atoms with Gasteiger partial charge < -0.3 is 0 Å². The predicted octanol–water partition coefficient (Wildman–Crippen LogP) is 16.6. The summed E-state index contributed by atoms with van der Waals surface area (Å²) < 4.78 is 0. The predicted molar refractivity (Wildman–Crippen MR) is 258 cm³/mol. The summed E-state index contributed by atoms with van der Waals surface area (Å²) in [5.74, 6) is 4.46. The summed E-state index contributed by atoms with van der Waals surface area (Å²) in [5.41, 5.74) is 14.4. The first kappa shape index (κ1) is 41.0. The Morgan fingerprint density at radius 2 is 1.25 bits per heavy atom. The van der Waals surface area contributed by atoms with E-state index in [4.69, 9.17) is 0 Å². The maximum atomic E-state index is 2.60. The van der Waals surface area contributed by atoms with Crippen molar-refractivity contribution in [2.45, 2.75) is 122 Å². The van der Waals surface area contributed by atoms with Gasteiger partial charge in [0.1, 0.15) is 0 Å². The van der Waals surface area contributed by atoms with Crippen LogP contribution >= 0.6 is 0 Å². The van der Waals surface area contributed by atoms with Crippen molar-refractivity contribution < 1.29 is 0 Å². The molecule has 7 unspecified atom stereocenters. The molecule has 0 heterocycles. The molecule has 0 aromatic carbocycles. The molecule has 0 aromatic rings. The maximum absolute atomic E-state index is 2.60. The van der Waals surface area contributed by atoms with Gasteiger partial charge >= 0.3 is 0 Å². The van der Waals surface area contributed by atoms with Crippen molar-refractivity contribution in [1.82, 2.24) is 0 Å². The van der Waals surface area contributed by atoms with Crippen molar-refractivity contribution in [2.75, 3.05) is 0 Å². The number of hydrogen-bond acceptors (Lipinski definition) is 0. The van der Waals surface area contributed by atoms with Gasteiger partial charge in [0.15, 0.2) is 0 Å². The SMILES string of the molecule is C1=CCC(C2=CCC(CC(CCC3=CC=C(C4=CC=C(CCC(CC5=CCCC=C5)C5=C6C=CCCC6CC=C5)CC4)CC3)C3C=CC(C4C=CC=CC4)=CC3)C=C2)C=C1. The molecular weight excluding hydrogens is 721 g/mol. The first-order chi connectivity index (χ1) is 29.7. The van der Waals surface area contributed by atoms with Crippen molar-refractivity contribution in [3.8, 4) is 0 Å². The van der Waals surface area contributed by atoms with Crippen LogP contribution in [0.5, 0.6) is 0 Å². The first-order valence-corrected chi connectivity index (χ1v) is 24.4. The zero-order valence-electron chi connectivity index (χ0n) is 36.4. The molecule has 9 aliphatic carbocycles. The lowest BCUT2D eigenvalue weighted by molar-refractivity contribution is 0.307. The van der Waals surface area contributed by atoms with Crippen LogP contribution in [0.25, 0.3) is 0 Å². The van der Waals surface area contributed by atoms with Gasteiger partial charge in [-0.25, -0.2) is 0 Å². The third kappa shape index (κ3) is 10.5. The molecule has 9 rings (SSSR count). The maximum Gasteiger partial charge on any atom is 0.00524 e. The van der Waals surface area contributed by atoms with Crippen molar-refractivity contribution in [2.24, 2.45) is 41.4 Å². The number of allylic oxidation sites excluding steroid dienone is 34. The molecule has 0 heteroatoms. The molecule has 0 aromatic heterocycles. The number of fused-ring (bicyclic) bond motifs is 1. The topological polar surface area (TPSA) is 0 Å². The molecule has 7 atom stereocenters. The highest BCUT2D eigenvalue weighted by molar-refractivity contribution is 5.45. The average Bonchev–Trinajstić information content (AvgIpc) is 3.33. The molecule has 0 saturated heterocycles. The molecule has 0 saturated carbocycles. The van der Waals surface area contributed by atoms with Crippen molar-refractivity contribution in [1.29, 1.82) is 0 Å². The fourth-order valence-corrected chi connectivity index (χ4v) is 11.7. The van der Waals surface area contributed by atoms with E-state index < -0.39 is 0 Å². The summed E-state index contributed by atoms with van der Waals surface area (Å²) in [4.78, 5) is 0. The summed E-state index contributed by atoms with van der Waals surface area (Å²) in [6.45, 7) is 0. The van der Waals surface area contributed by atoms with Crippen LogP contribution < -0.4 is 0 Å². The molecule has 0 aliphatic heterocycles. The van der Waals surface area contributed by atoms with Crippen molar-refractivity contribution in [3.05, 3.63) is 202 Å². The molecule has 310 valence electrons. The fraction of sp³-hybridized carbons (Fsp3) is 0.433. The molecule has 9 aliphatic rings. The number of hydrogen-bond donors (Lipinski definition) is 0. The zero-order valence-corrected chi connectivity index (χ0v) is 36.4. The van der Waals surface area contributed by atoms with Crippen molar-refractivity contribution in [3.63, 3.8) is 0 Å². The molecule has 0 fully saturated rings. The van der Waals surface area contributed by atoms with Gasteiger partial charge in [-0.05, 0) is 185 Å². The highest BCUT2D eigenvalue weighted by Crippen LogP contribution is 2.43. The standard InChI is InChI=1S/C60H70/c1-4-13-47(14-5-1)44-58(60-22-12-20-56-19-10-11-21-59(56)60)38-28-46-25-33-53(34-26-46)52-31-23-45(24-32-52)27-37-57(55-41-39-54(40-42-55)50-17-8-3-9-18-50)43-48-29-35-51(36-30-48)49-15-6-2-7-16-49/h2-4,6-9,11-15,17,21-23,25,29,31,33,35-36,39-41,48-50,55-58H,1,5,10,16,18-20,24,26-28,30,32,34,37-38,42-44H2. The summed E-state index contributed by atoms with van der Waals surface area (Å²) in [5, 5.41) is 0. The molecule has 0 nitrogen and oxygen atoms in total. The van der Waals surface area contributed by atoms with E-state index in [1.54, 1.807) is 39.0 Å². The van der Waals surface area contributed by atoms with Gasteiger partial charge in [-0.3, -0.25) is 0 Å². The van der Waals surface area contributed by atoms with Gasteiger partial charge in [0.05, 0.1) is 0 Å². The molecule has 0 bridgehead atoms. The monoisotopic (exact) mass is 791 g/mol. The summed E-state index contributed by atoms with van der Waals surface area (Å²) >= 11 is 0. The molecule has 0 radical (unpaired) electrons. The lowest BCUT2D eigenvalue weighted by Crippen LogP contribution is -2.20. The van der Waals surface area contributed by atoms with Crippen LogP contribution in [-0.4, -0.2) is 0 Å². The van der Waals surface area contributed by atoms with Gasteiger partial charge in [0, 0.05) is 11.8 Å². The van der Waals surface area contributed by atoms with E-state index in [9.17, 15) is 0 Å². The second-order valence-electron chi connectivity index (χ2n) is 19.3. The van der Waals surface area contributed by atoms with Crippen LogP contribution in [0.2, 0.25) is 0 Å². The van der Waals surface area contributed by atoms with Gasteiger partial charge in [0.25, 0.3) is 0 Å². The Bertz CT molecular complexity index is 2120. The van der Waals surface area contributed by atoms with Gasteiger partial charge in [0.2, 0.25) is 0 Å². The second kappa shape index (κ2) is 20.4. The fourth-order valence-electron chi connectivity index (χ4n) is 11.7. The van der Waals surface area contributed by atoms with E-state index in [0.29, 0.717) is 35.5 Å². The van der Waals surface area contributed by atoms with Crippen LogP contribution in [0.15, 0.2) is 202 Å². The zero-order chi connectivity index (χ0) is 40.4. The summed E-state index contributed by atoms with van der Waals surface area (Å²) in [6, 6.07) is 0. The highest BCUT2D eigenvalue weighted by atomic mass is 14.3. The first-order valence-electron chi connectivity index (χ1n) is 24.4. The minimum absolute atomic E-state index is 0.553. The average molecular weight is 791 g/mol. The molecule has 60 heavy (non-hydrogen) atoms. The van der Waals surface area contributed by atoms with Crippen LogP contribution in [-0.2, 0) is 0 Å². The smallest absolute Gasteiger partial charge is 0.00524 e. The quantitative estimate of drug-likeness (QED) is 0.155. The molecular formula is C60H70. The van der Waals surface area contributed by atoms with E-state index in [-0.39, 0.29) is 0 Å². The third-order valence-corrected chi connectivity index (χ3v) is 15.4. The van der Waals surface area contributed by atoms with Gasteiger partial charge in [-0.15, -0.1) is 0 Å². The lowest BCUT2D eigenvalue weighted by atomic mass is 9.74. The molecule has 0 spiro atoms. The second-order valence-corrected chi connectivity index (χ2v) is 19.3. The largest absolute Gasteiger partial charge is 0.0842 e.